The SMILES string of the molecule is Nc1ccc(C(=O)O/C=C/c2ccc(O)cc2)cc1. The lowest BCUT2D eigenvalue weighted by Gasteiger charge is -2.00. The van der Waals surface area contributed by atoms with E-state index in [0.717, 1.165) is 5.56 Å². The van der Waals surface area contributed by atoms with E-state index < -0.39 is 5.97 Å². The minimum absolute atomic E-state index is 0.191. The first kappa shape index (κ1) is 12.7. The van der Waals surface area contributed by atoms with Crippen molar-refractivity contribution in [3.8, 4) is 5.75 Å². The van der Waals surface area contributed by atoms with Gasteiger partial charge in [-0.25, -0.2) is 4.79 Å². The molecule has 2 rings (SSSR count). The Kier molecular flexibility index (Phi) is 3.83. The van der Waals surface area contributed by atoms with Gasteiger partial charge in [0.1, 0.15) is 5.75 Å². The van der Waals surface area contributed by atoms with Gasteiger partial charge in [0.25, 0.3) is 0 Å². The van der Waals surface area contributed by atoms with Crippen molar-refractivity contribution in [1.29, 1.82) is 0 Å². The smallest absolute Gasteiger partial charge is 0.342 e. The van der Waals surface area contributed by atoms with E-state index in [4.69, 9.17) is 15.6 Å². The number of nitrogen functional groups attached to an aromatic ring is 1. The molecule has 4 nitrogen and oxygen atoms in total. The summed E-state index contributed by atoms with van der Waals surface area (Å²) >= 11 is 0. The van der Waals surface area contributed by atoms with E-state index in [1.807, 2.05) is 0 Å². The van der Waals surface area contributed by atoms with Crippen LogP contribution in [-0.2, 0) is 4.74 Å². The molecule has 0 fully saturated rings. The molecule has 3 N–H and O–H groups in total. The Hall–Kier alpha value is -2.75. The van der Waals surface area contributed by atoms with Crippen LogP contribution in [0.4, 0.5) is 5.69 Å². The fraction of sp³-hybridized carbons (Fsp3) is 0. The summed E-state index contributed by atoms with van der Waals surface area (Å²) in [6.45, 7) is 0. The van der Waals surface area contributed by atoms with Crippen molar-refractivity contribution in [2.45, 2.75) is 0 Å². The number of phenolic OH excluding ortho intramolecular Hbond substituents is 1. The number of benzene rings is 2. The third kappa shape index (κ3) is 3.61. The number of esters is 1. The molecule has 0 aliphatic rings. The molecule has 0 atom stereocenters. The number of carbonyl (C=O) groups excluding carboxylic acids is 1. The molecular weight excluding hydrogens is 242 g/mol. The molecule has 0 bridgehead atoms. The second-order valence-electron chi connectivity index (χ2n) is 3.92. The third-order valence-corrected chi connectivity index (χ3v) is 2.48. The molecular formula is C15H13NO3. The van der Waals surface area contributed by atoms with Crippen LogP contribution < -0.4 is 5.73 Å². The predicted octanol–water partition coefficient (Wildman–Crippen LogP) is 2.80. The number of phenols is 1. The maximum absolute atomic E-state index is 11.6. The average Bonchev–Trinajstić information content (AvgIpc) is 2.41. The number of ether oxygens (including phenoxy) is 1. The Bertz CT molecular complexity index is 586. The number of rotatable bonds is 3. The van der Waals surface area contributed by atoms with Gasteiger partial charge >= 0.3 is 5.97 Å². The molecule has 4 heteroatoms. The fourth-order valence-corrected chi connectivity index (χ4v) is 1.45. The molecule has 0 aliphatic heterocycles. The summed E-state index contributed by atoms with van der Waals surface area (Å²) in [7, 11) is 0. The van der Waals surface area contributed by atoms with Crippen LogP contribution in [0.5, 0.6) is 5.75 Å². The van der Waals surface area contributed by atoms with Crippen molar-refractivity contribution in [3.05, 3.63) is 65.9 Å². The highest BCUT2D eigenvalue weighted by Gasteiger charge is 2.04. The van der Waals surface area contributed by atoms with Crippen molar-refractivity contribution in [3.63, 3.8) is 0 Å². The van der Waals surface area contributed by atoms with Crippen LogP contribution >= 0.6 is 0 Å². The molecule has 19 heavy (non-hydrogen) atoms. The monoisotopic (exact) mass is 255 g/mol. The zero-order chi connectivity index (χ0) is 13.7. The normalized spacial score (nSPS) is 10.5. The van der Waals surface area contributed by atoms with Gasteiger partial charge in [0.15, 0.2) is 0 Å². The van der Waals surface area contributed by atoms with E-state index in [1.165, 1.54) is 6.26 Å². The Labute approximate surface area is 110 Å². The van der Waals surface area contributed by atoms with Gasteiger partial charge in [-0.1, -0.05) is 12.1 Å². The number of anilines is 1. The standard InChI is InChI=1S/C15H13NO3/c16-13-5-3-12(4-6-13)15(18)19-10-9-11-1-7-14(17)8-2-11/h1-10,17H,16H2/b10-9+. The first-order chi connectivity index (χ1) is 9.15. The summed E-state index contributed by atoms with van der Waals surface area (Å²) in [5.74, 6) is -0.258. The van der Waals surface area contributed by atoms with E-state index in [0.29, 0.717) is 11.3 Å². The van der Waals surface area contributed by atoms with Crippen molar-refractivity contribution in [2.24, 2.45) is 0 Å². The van der Waals surface area contributed by atoms with Gasteiger partial charge in [-0.3, -0.25) is 0 Å². The molecule has 0 heterocycles. The molecule has 2 aromatic rings. The van der Waals surface area contributed by atoms with Crippen LogP contribution in [0.1, 0.15) is 15.9 Å². The maximum Gasteiger partial charge on any atom is 0.342 e. The number of hydrogen-bond acceptors (Lipinski definition) is 4. The van der Waals surface area contributed by atoms with E-state index in [1.54, 1.807) is 54.6 Å². The first-order valence-corrected chi connectivity index (χ1v) is 5.67. The van der Waals surface area contributed by atoms with Gasteiger partial charge in [-0.15, -0.1) is 0 Å². The Morgan fingerprint density at radius 3 is 2.32 bits per heavy atom. The third-order valence-electron chi connectivity index (χ3n) is 2.48. The van der Waals surface area contributed by atoms with Crippen LogP contribution in [0.15, 0.2) is 54.8 Å². The van der Waals surface area contributed by atoms with Gasteiger partial charge in [-0.2, -0.15) is 0 Å². The van der Waals surface area contributed by atoms with Gasteiger partial charge in [-0.05, 0) is 48.0 Å². The van der Waals surface area contributed by atoms with Crippen molar-refractivity contribution < 1.29 is 14.6 Å². The van der Waals surface area contributed by atoms with Crippen LogP contribution in [0.2, 0.25) is 0 Å². The summed E-state index contributed by atoms with van der Waals surface area (Å²) < 4.78 is 4.98. The molecule has 0 unspecified atom stereocenters. The van der Waals surface area contributed by atoms with E-state index in [2.05, 4.69) is 0 Å². The van der Waals surface area contributed by atoms with Crippen LogP contribution in [0, 0.1) is 0 Å². The molecule has 0 radical (unpaired) electrons. The second-order valence-corrected chi connectivity index (χ2v) is 3.92. The van der Waals surface area contributed by atoms with Crippen LogP contribution in [0.25, 0.3) is 6.08 Å². The lowest BCUT2D eigenvalue weighted by molar-refractivity contribution is 0.0665. The topological polar surface area (TPSA) is 72.6 Å². The summed E-state index contributed by atoms with van der Waals surface area (Å²) in [4.78, 5) is 11.6. The minimum atomic E-state index is -0.449. The summed E-state index contributed by atoms with van der Waals surface area (Å²) in [5, 5.41) is 9.12. The highest BCUT2D eigenvalue weighted by Crippen LogP contribution is 2.11. The summed E-state index contributed by atoms with van der Waals surface area (Å²) in [6.07, 6.45) is 2.94. The van der Waals surface area contributed by atoms with Gasteiger partial charge < -0.3 is 15.6 Å². The highest BCUT2D eigenvalue weighted by molar-refractivity contribution is 5.90. The van der Waals surface area contributed by atoms with Crippen molar-refractivity contribution in [1.82, 2.24) is 0 Å². The van der Waals surface area contributed by atoms with Crippen molar-refractivity contribution >= 4 is 17.7 Å². The molecule has 0 aromatic heterocycles. The largest absolute Gasteiger partial charge is 0.508 e. The quantitative estimate of drug-likeness (QED) is 0.502. The second kappa shape index (κ2) is 5.73. The molecule has 2 aromatic carbocycles. The Morgan fingerprint density at radius 2 is 1.68 bits per heavy atom. The number of aromatic hydroxyl groups is 1. The van der Waals surface area contributed by atoms with Gasteiger partial charge in [0, 0.05) is 5.69 Å². The maximum atomic E-state index is 11.6. The zero-order valence-electron chi connectivity index (χ0n) is 10.1. The number of carbonyl (C=O) groups is 1. The fourth-order valence-electron chi connectivity index (χ4n) is 1.45. The van der Waals surface area contributed by atoms with Crippen LogP contribution in [0.3, 0.4) is 0 Å². The number of nitrogens with two attached hydrogens (primary N) is 1. The molecule has 0 amide bonds. The van der Waals surface area contributed by atoms with Gasteiger partial charge in [0.05, 0.1) is 11.8 Å². The van der Waals surface area contributed by atoms with E-state index >= 15 is 0 Å². The minimum Gasteiger partial charge on any atom is -0.508 e. The summed E-state index contributed by atoms with van der Waals surface area (Å²) in [6, 6.07) is 13.0. The summed E-state index contributed by atoms with van der Waals surface area (Å²) in [5.41, 5.74) is 7.38. The zero-order valence-corrected chi connectivity index (χ0v) is 10.1. The lowest BCUT2D eigenvalue weighted by Crippen LogP contribution is -2.00. The van der Waals surface area contributed by atoms with Gasteiger partial charge in [0.2, 0.25) is 0 Å². The molecule has 0 spiro atoms. The number of hydrogen-bond donors (Lipinski definition) is 2. The highest BCUT2D eigenvalue weighted by atomic mass is 16.5. The van der Waals surface area contributed by atoms with E-state index in [-0.39, 0.29) is 5.75 Å². The van der Waals surface area contributed by atoms with E-state index in [9.17, 15) is 4.79 Å². The Balaban J connectivity index is 1.96. The van der Waals surface area contributed by atoms with Crippen LogP contribution in [-0.4, -0.2) is 11.1 Å². The Morgan fingerprint density at radius 1 is 1.05 bits per heavy atom. The molecule has 0 aliphatic carbocycles. The van der Waals surface area contributed by atoms with Crippen molar-refractivity contribution in [2.75, 3.05) is 5.73 Å². The molecule has 0 saturated carbocycles. The molecule has 96 valence electrons. The lowest BCUT2D eigenvalue weighted by atomic mass is 10.2. The average molecular weight is 255 g/mol. The first-order valence-electron chi connectivity index (χ1n) is 5.67. The molecule has 0 saturated heterocycles. The predicted molar refractivity (Wildman–Crippen MR) is 73.4 cm³/mol.